The van der Waals surface area contributed by atoms with E-state index in [1.165, 1.54) is 13.0 Å². The number of anilines is 1. The Kier molecular flexibility index (Phi) is 3.32. The van der Waals surface area contributed by atoms with E-state index in [2.05, 4.69) is 20.0 Å². The molecule has 0 unspecified atom stereocenters. The fourth-order valence-electron chi connectivity index (χ4n) is 0.857. The number of urea groups is 1. The third kappa shape index (κ3) is 3.71. The molecule has 0 fully saturated rings. The number of alkyl halides is 2. The minimum Gasteiger partial charge on any atom is -0.417 e. The highest BCUT2D eigenvalue weighted by Crippen LogP contribution is 2.14. The number of ether oxygens (including phenoxy) is 1. The van der Waals surface area contributed by atoms with E-state index in [0.717, 1.165) is 0 Å². The summed E-state index contributed by atoms with van der Waals surface area (Å²) < 4.78 is 27.7. The smallest absolute Gasteiger partial charge is 0.388 e. The zero-order valence-corrected chi connectivity index (χ0v) is 7.70. The van der Waals surface area contributed by atoms with Crippen molar-refractivity contribution < 1.29 is 18.3 Å². The Morgan fingerprint density at radius 2 is 2.27 bits per heavy atom. The molecule has 0 aromatic carbocycles. The van der Waals surface area contributed by atoms with Gasteiger partial charge in [0.15, 0.2) is 0 Å². The average molecular weight is 218 g/mol. The maximum absolute atomic E-state index is 11.9. The van der Waals surface area contributed by atoms with E-state index in [4.69, 9.17) is 5.73 Å². The molecule has 0 saturated carbocycles. The summed E-state index contributed by atoms with van der Waals surface area (Å²) in [5.74, 6) is -0.514. The zero-order valence-electron chi connectivity index (χ0n) is 7.70. The van der Waals surface area contributed by atoms with Gasteiger partial charge in [0.25, 0.3) is 0 Å². The number of halogens is 2. The van der Waals surface area contributed by atoms with Crippen molar-refractivity contribution in [2.45, 2.75) is 13.5 Å². The molecule has 0 saturated heterocycles. The number of nitrogens with zero attached hydrogens (tertiary/aromatic N) is 2. The third-order valence-corrected chi connectivity index (χ3v) is 1.28. The Morgan fingerprint density at radius 3 is 2.80 bits per heavy atom. The zero-order chi connectivity index (χ0) is 11.4. The van der Waals surface area contributed by atoms with Crippen molar-refractivity contribution in [2.75, 3.05) is 5.32 Å². The first-order valence-corrected chi connectivity index (χ1v) is 3.84. The first kappa shape index (κ1) is 11.1. The number of hydrogen-bond acceptors (Lipinski definition) is 4. The lowest BCUT2D eigenvalue weighted by Gasteiger charge is -2.06. The molecule has 1 rings (SSSR count). The van der Waals surface area contributed by atoms with Crippen LogP contribution < -0.4 is 15.8 Å². The standard InChI is InChI=1S/C7H8F2N4O2/c1-3-2-4(15-5(8)9)12-7(11-3)13-6(10)14/h2,5H,1H3,(H3,10,11,12,13,14). The molecule has 1 aromatic heterocycles. The van der Waals surface area contributed by atoms with Crippen molar-refractivity contribution >= 4 is 12.0 Å². The molecule has 8 heteroatoms. The summed E-state index contributed by atoms with van der Waals surface area (Å²) >= 11 is 0. The van der Waals surface area contributed by atoms with Gasteiger partial charge in [-0.3, -0.25) is 5.32 Å². The highest BCUT2D eigenvalue weighted by atomic mass is 19.3. The van der Waals surface area contributed by atoms with E-state index < -0.39 is 12.6 Å². The van der Waals surface area contributed by atoms with Gasteiger partial charge < -0.3 is 10.5 Å². The van der Waals surface area contributed by atoms with Gasteiger partial charge in [0.1, 0.15) is 0 Å². The number of carbonyl (C=O) groups excluding carboxylic acids is 1. The molecule has 1 heterocycles. The van der Waals surface area contributed by atoms with Gasteiger partial charge >= 0.3 is 12.6 Å². The molecule has 2 amide bonds. The molecule has 0 aliphatic carbocycles. The predicted molar refractivity (Wildman–Crippen MR) is 46.6 cm³/mol. The molecule has 0 bridgehead atoms. The van der Waals surface area contributed by atoms with E-state index in [9.17, 15) is 13.6 Å². The van der Waals surface area contributed by atoms with Crippen LogP contribution in [0.3, 0.4) is 0 Å². The molecular formula is C7H8F2N4O2. The van der Waals surface area contributed by atoms with Crippen LogP contribution in [0.1, 0.15) is 5.69 Å². The normalized spacial score (nSPS) is 10.1. The molecule has 3 N–H and O–H groups in total. The second-order valence-corrected chi connectivity index (χ2v) is 2.54. The lowest BCUT2D eigenvalue weighted by atomic mass is 10.4. The highest BCUT2D eigenvalue weighted by molar-refractivity contribution is 5.85. The van der Waals surface area contributed by atoms with Gasteiger partial charge in [-0.05, 0) is 6.92 Å². The van der Waals surface area contributed by atoms with Crippen molar-refractivity contribution in [2.24, 2.45) is 5.73 Å². The van der Waals surface area contributed by atoms with Crippen molar-refractivity contribution in [1.82, 2.24) is 9.97 Å². The Hall–Kier alpha value is -1.99. The van der Waals surface area contributed by atoms with Crippen LogP contribution in [0, 0.1) is 6.92 Å². The number of amides is 2. The predicted octanol–water partition coefficient (Wildman–Crippen LogP) is 0.877. The Morgan fingerprint density at radius 1 is 1.60 bits per heavy atom. The van der Waals surface area contributed by atoms with Gasteiger partial charge in [-0.15, -0.1) is 0 Å². The van der Waals surface area contributed by atoms with Crippen LogP contribution in [0.2, 0.25) is 0 Å². The molecule has 0 aliphatic rings. The maximum atomic E-state index is 11.9. The van der Waals surface area contributed by atoms with Crippen LogP contribution in [-0.2, 0) is 0 Å². The monoisotopic (exact) mass is 218 g/mol. The number of aromatic nitrogens is 2. The molecule has 0 aliphatic heterocycles. The number of aryl methyl sites for hydroxylation is 1. The van der Waals surface area contributed by atoms with Crippen LogP contribution >= 0.6 is 0 Å². The summed E-state index contributed by atoms with van der Waals surface area (Å²) in [6, 6.07) is 0.321. The second-order valence-electron chi connectivity index (χ2n) is 2.54. The molecule has 0 atom stereocenters. The van der Waals surface area contributed by atoms with Gasteiger partial charge in [-0.1, -0.05) is 0 Å². The van der Waals surface area contributed by atoms with Crippen LogP contribution in [0.15, 0.2) is 6.07 Å². The van der Waals surface area contributed by atoms with Crippen molar-refractivity contribution in [1.29, 1.82) is 0 Å². The van der Waals surface area contributed by atoms with E-state index in [1.807, 2.05) is 0 Å². The second kappa shape index (κ2) is 4.49. The lowest BCUT2D eigenvalue weighted by molar-refractivity contribution is -0.0528. The third-order valence-electron chi connectivity index (χ3n) is 1.28. The van der Waals surface area contributed by atoms with Gasteiger partial charge in [0, 0.05) is 11.8 Å². The number of hydrogen-bond donors (Lipinski definition) is 2. The Labute approximate surface area is 83.5 Å². The minimum absolute atomic E-state index is 0.182. The van der Waals surface area contributed by atoms with Gasteiger partial charge in [0.05, 0.1) is 0 Å². The highest BCUT2D eigenvalue weighted by Gasteiger charge is 2.09. The van der Waals surface area contributed by atoms with Crippen LogP contribution in [-0.4, -0.2) is 22.6 Å². The largest absolute Gasteiger partial charge is 0.417 e. The van der Waals surface area contributed by atoms with Gasteiger partial charge in [-0.25, -0.2) is 9.78 Å². The number of rotatable bonds is 3. The first-order valence-electron chi connectivity index (χ1n) is 3.84. The lowest BCUT2D eigenvalue weighted by Crippen LogP contribution is -2.21. The number of primary amides is 1. The van der Waals surface area contributed by atoms with Crippen molar-refractivity contribution in [3.63, 3.8) is 0 Å². The van der Waals surface area contributed by atoms with E-state index in [-0.39, 0.29) is 11.8 Å². The summed E-state index contributed by atoms with van der Waals surface area (Å²) in [5, 5.41) is 2.05. The molecule has 82 valence electrons. The Bertz CT molecular complexity index is 372. The van der Waals surface area contributed by atoms with E-state index in [0.29, 0.717) is 5.69 Å². The summed E-state index contributed by atoms with van der Waals surface area (Å²) in [6.07, 6.45) is 0. The number of nitrogens with two attached hydrogens (primary N) is 1. The fraction of sp³-hybridized carbons (Fsp3) is 0.286. The number of carbonyl (C=O) groups is 1. The fourth-order valence-corrected chi connectivity index (χ4v) is 0.857. The quantitative estimate of drug-likeness (QED) is 0.787. The SMILES string of the molecule is Cc1cc(OC(F)F)nc(NC(N)=O)n1. The summed E-state index contributed by atoms with van der Waals surface area (Å²) in [5.41, 5.74) is 5.17. The number of nitrogens with one attached hydrogen (secondary N) is 1. The van der Waals surface area contributed by atoms with Crippen LogP contribution in [0.5, 0.6) is 5.88 Å². The van der Waals surface area contributed by atoms with E-state index in [1.54, 1.807) is 0 Å². The Balaban J connectivity index is 2.89. The maximum Gasteiger partial charge on any atom is 0.388 e. The average Bonchev–Trinajstić information content (AvgIpc) is 1.98. The summed E-state index contributed by atoms with van der Waals surface area (Å²) in [7, 11) is 0. The molecule has 15 heavy (non-hydrogen) atoms. The van der Waals surface area contributed by atoms with Crippen LogP contribution in [0.25, 0.3) is 0 Å². The van der Waals surface area contributed by atoms with E-state index >= 15 is 0 Å². The van der Waals surface area contributed by atoms with Crippen molar-refractivity contribution in [3.05, 3.63) is 11.8 Å². The minimum atomic E-state index is -2.99. The topological polar surface area (TPSA) is 90.1 Å². The molecule has 6 nitrogen and oxygen atoms in total. The summed E-state index contributed by atoms with van der Waals surface area (Å²) in [6.45, 7) is -1.45. The first-order chi connectivity index (χ1) is 6.97. The molecule has 0 spiro atoms. The van der Waals surface area contributed by atoms with Gasteiger partial charge in [0.2, 0.25) is 11.8 Å². The molecule has 0 radical (unpaired) electrons. The molecule has 1 aromatic rings. The molecular weight excluding hydrogens is 210 g/mol. The van der Waals surface area contributed by atoms with Crippen molar-refractivity contribution in [3.8, 4) is 5.88 Å². The van der Waals surface area contributed by atoms with Gasteiger partial charge in [-0.2, -0.15) is 13.8 Å². The summed E-state index contributed by atoms with van der Waals surface area (Å²) in [4.78, 5) is 17.7. The van der Waals surface area contributed by atoms with Crippen LogP contribution in [0.4, 0.5) is 19.5 Å².